The Kier molecular flexibility index (Phi) is 11.5. The fourth-order valence-electron chi connectivity index (χ4n) is 1.79. The molecule has 90 valence electrons. The van der Waals surface area contributed by atoms with Crippen molar-refractivity contribution in [3.63, 3.8) is 0 Å². The van der Waals surface area contributed by atoms with Gasteiger partial charge in [0.2, 0.25) is 0 Å². The maximum atomic E-state index is 8.70. The monoisotopic (exact) mass is 212 g/mol. The van der Waals surface area contributed by atoms with Gasteiger partial charge in [0.05, 0.1) is 0 Å². The molecule has 0 atom stereocenters. The molecule has 0 rings (SSSR count). The lowest BCUT2D eigenvalue weighted by atomic mass is 10.0. The van der Waals surface area contributed by atoms with Crippen LogP contribution < -0.4 is 0 Å². The molecule has 0 radical (unpaired) electrons. The van der Waals surface area contributed by atoms with E-state index in [1.54, 1.807) is 0 Å². The van der Waals surface area contributed by atoms with Crippen molar-refractivity contribution in [2.45, 2.75) is 71.1 Å². The van der Waals surface area contributed by atoms with Crippen LogP contribution in [0.25, 0.3) is 0 Å². The molecule has 0 aliphatic heterocycles. The minimum absolute atomic E-state index is 0.260. The van der Waals surface area contributed by atoms with E-state index < -0.39 is 0 Å². The van der Waals surface area contributed by atoms with Gasteiger partial charge in [-0.05, 0) is 19.3 Å². The summed E-state index contributed by atoms with van der Waals surface area (Å²) in [4.78, 5) is 0. The lowest BCUT2D eigenvalue weighted by Crippen LogP contribution is -1.88. The van der Waals surface area contributed by atoms with E-state index in [2.05, 4.69) is 13.5 Å². The number of hydrogen-bond acceptors (Lipinski definition) is 1. The summed E-state index contributed by atoms with van der Waals surface area (Å²) in [7, 11) is 0. The molecule has 0 aromatic heterocycles. The molecule has 0 saturated heterocycles. The van der Waals surface area contributed by atoms with Crippen molar-refractivity contribution in [3.05, 3.63) is 12.2 Å². The smallest absolute Gasteiger partial charge is 0.0468 e. The van der Waals surface area contributed by atoms with Crippen LogP contribution in [0.3, 0.4) is 0 Å². The third-order valence-corrected chi connectivity index (χ3v) is 2.85. The second kappa shape index (κ2) is 11.8. The van der Waals surface area contributed by atoms with Crippen LogP contribution in [-0.4, -0.2) is 11.7 Å². The minimum atomic E-state index is 0.260. The Bertz CT molecular complexity index is 140. The quantitative estimate of drug-likeness (QED) is 0.396. The first-order valence-electron chi connectivity index (χ1n) is 6.58. The van der Waals surface area contributed by atoms with Crippen molar-refractivity contribution in [1.82, 2.24) is 0 Å². The summed E-state index contributed by atoms with van der Waals surface area (Å²) in [5.41, 5.74) is 1.21. The number of aliphatic hydroxyl groups is 1. The van der Waals surface area contributed by atoms with Crippen LogP contribution in [0, 0.1) is 0 Å². The van der Waals surface area contributed by atoms with Gasteiger partial charge < -0.3 is 5.11 Å². The second-order valence-corrected chi connectivity index (χ2v) is 4.45. The van der Waals surface area contributed by atoms with E-state index in [0.29, 0.717) is 0 Å². The molecular weight excluding hydrogens is 184 g/mol. The van der Waals surface area contributed by atoms with Crippen molar-refractivity contribution in [1.29, 1.82) is 0 Å². The van der Waals surface area contributed by atoms with Crippen molar-refractivity contribution in [2.24, 2.45) is 0 Å². The molecule has 0 aromatic rings. The van der Waals surface area contributed by atoms with Gasteiger partial charge >= 0.3 is 0 Å². The largest absolute Gasteiger partial charge is 0.396 e. The summed E-state index contributed by atoms with van der Waals surface area (Å²) in [5.74, 6) is 0. The Morgan fingerprint density at radius 2 is 1.40 bits per heavy atom. The average molecular weight is 212 g/mol. The molecule has 0 bridgehead atoms. The topological polar surface area (TPSA) is 20.2 Å². The molecular formula is C14H28O. The first-order valence-corrected chi connectivity index (χ1v) is 6.58. The van der Waals surface area contributed by atoms with Gasteiger partial charge in [-0.3, -0.25) is 0 Å². The van der Waals surface area contributed by atoms with Crippen LogP contribution in [0.5, 0.6) is 0 Å². The van der Waals surface area contributed by atoms with Crippen LogP contribution in [-0.2, 0) is 0 Å². The Morgan fingerprint density at radius 3 is 1.93 bits per heavy atom. The third kappa shape index (κ3) is 11.6. The predicted molar refractivity (Wildman–Crippen MR) is 68.1 cm³/mol. The van der Waals surface area contributed by atoms with E-state index >= 15 is 0 Å². The molecule has 1 heteroatoms. The molecule has 0 aromatic carbocycles. The summed E-state index contributed by atoms with van der Waals surface area (Å²) < 4.78 is 0. The maximum absolute atomic E-state index is 8.70. The first kappa shape index (κ1) is 14.7. The summed E-state index contributed by atoms with van der Waals surface area (Å²) in [6, 6.07) is 0. The maximum Gasteiger partial charge on any atom is 0.0468 e. The zero-order valence-electron chi connectivity index (χ0n) is 10.4. The number of aliphatic hydroxyl groups excluding tert-OH is 1. The molecule has 1 N–H and O–H groups in total. The van der Waals surface area contributed by atoms with Gasteiger partial charge in [-0.25, -0.2) is 0 Å². The van der Waals surface area contributed by atoms with Crippen LogP contribution >= 0.6 is 0 Å². The van der Waals surface area contributed by atoms with E-state index in [1.165, 1.54) is 56.9 Å². The lowest BCUT2D eigenvalue weighted by Gasteiger charge is -2.03. The lowest BCUT2D eigenvalue weighted by molar-refractivity contribution is 0.297. The van der Waals surface area contributed by atoms with Gasteiger partial charge in [0, 0.05) is 6.61 Å². The molecule has 15 heavy (non-hydrogen) atoms. The van der Waals surface area contributed by atoms with Gasteiger partial charge in [0.25, 0.3) is 0 Å². The van der Waals surface area contributed by atoms with Gasteiger partial charge in [0.1, 0.15) is 0 Å². The predicted octanol–water partition coefficient (Wildman–Crippen LogP) is 4.46. The third-order valence-electron chi connectivity index (χ3n) is 2.85. The van der Waals surface area contributed by atoms with Crippen LogP contribution in [0.2, 0.25) is 0 Å². The summed E-state index contributed by atoms with van der Waals surface area (Å²) in [6.45, 7) is 6.46. The van der Waals surface area contributed by atoms with Gasteiger partial charge in [-0.15, -0.1) is 0 Å². The standard InChI is InChI=1S/C14H28O/c1-3-4-5-6-7-8-9-10-11-14(2)12-13-15/h15H,2-13H2,1H3. The molecule has 0 fully saturated rings. The molecule has 0 unspecified atom stereocenters. The normalized spacial score (nSPS) is 10.5. The summed E-state index contributed by atoms with van der Waals surface area (Å²) in [6.07, 6.45) is 12.8. The SMILES string of the molecule is C=C(CCO)CCCCCCCCCC. The van der Waals surface area contributed by atoms with Gasteiger partial charge in [0.15, 0.2) is 0 Å². The van der Waals surface area contributed by atoms with E-state index in [0.717, 1.165) is 12.8 Å². The second-order valence-electron chi connectivity index (χ2n) is 4.45. The minimum Gasteiger partial charge on any atom is -0.396 e. The molecule has 0 spiro atoms. The van der Waals surface area contributed by atoms with Crippen LogP contribution in [0.1, 0.15) is 71.1 Å². The van der Waals surface area contributed by atoms with E-state index in [9.17, 15) is 0 Å². The highest BCUT2D eigenvalue weighted by molar-refractivity contribution is 4.93. The average Bonchev–Trinajstić information content (AvgIpc) is 2.22. The summed E-state index contributed by atoms with van der Waals surface area (Å²) >= 11 is 0. The summed E-state index contributed by atoms with van der Waals surface area (Å²) in [5, 5.41) is 8.70. The Morgan fingerprint density at radius 1 is 0.867 bits per heavy atom. The molecule has 0 saturated carbocycles. The van der Waals surface area contributed by atoms with E-state index in [4.69, 9.17) is 5.11 Å². The fraction of sp³-hybridized carbons (Fsp3) is 0.857. The van der Waals surface area contributed by atoms with Gasteiger partial charge in [-0.2, -0.15) is 0 Å². The molecule has 0 aliphatic carbocycles. The zero-order chi connectivity index (χ0) is 11.4. The highest BCUT2D eigenvalue weighted by Gasteiger charge is 1.94. The molecule has 1 nitrogen and oxygen atoms in total. The van der Waals surface area contributed by atoms with Crippen molar-refractivity contribution in [3.8, 4) is 0 Å². The number of hydrogen-bond donors (Lipinski definition) is 1. The van der Waals surface area contributed by atoms with Crippen molar-refractivity contribution < 1.29 is 5.11 Å². The fourth-order valence-corrected chi connectivity index (χ4v) is 1.79. The van der Waals surface area contributed by atoms with Crippen molar-refractivity contribution >= 4 is 0 Å². The zero-order valence-corrected chi connectivity index (χ0v) is 10.4. The molecule has 0 amide bonds. The van der Waals surface area contributed by atoms with E-state index in [-0.39, 0.29) is 6.61 Å². The van der Waals surface area contributed by atoms with Crippen LogP contribution in [0.15, 0.2) is 12.2 Å². The van der Waals surface area contributed by atoms with E-state index in [1.807, 2.05) is 0 Å². The highest BCUT2D eigenvalue weighted by Crippen LogP contribution is 2.13. The van der Waals surface area contributed by atoms with Crippen molar-refractivity contribution in [2.75, 3.05) is 6.61 Å². The highest BCUT2D eigenvalue weighted by atomic mass is 16.2. The first-order chi connectivity index (χ1) is 7.31. The number of rotatable bonds is 11. The molecule has 0 aliphatic rings. The number of unbranched alkanes of at least 4 members (excludes halogenated alkanes) is 7. The Hall–Kier alpha value is -0.300. The Balaban J connectivity index is 3.01. The Labute approximate surface area is 95.6 Å². The van der Waals surface area contributed by atoms with Gasteiger partial charge in [-0.1, -0.05) is 64.0 Å². The van der Waals surface area contributed by atoms with Crippen LogP contribution in [0.4, 0.5) is 0 Å². The molecule has 0 heterocycles.